The van der Waals surface area contributed by atoms with E-state index in [0.29, 0.717) is 6.42 Å². The first-order chi connectivity index (χ1) is 6.81. The molecule has 0 aromatic heterocycles. The van der Waals surface area contributed by atoms with Crippen LogP contribution < -0.4 is 0 Å². The first kappa shape index (κ1) is 10.1. The molecule has 3 heteroatoms. The van der Waals surface area contributed by atoms with E-state index in [2.05, 4.69) is 6.08 Å². The highest BCUT2D eigenvalue weighted by Gasteiger charge is 2.35. The highest BCUT2D eigenvalue weighted by Crippen LogP contribution is 2.30. The largest absolute Gasteiger partial charge is 0.394 e. The van der Waals surface area contributed by atoms with Crippen LogP contribution in [0.5, 0.6) is 0 Å². The highest BCUT2D eigenvalue weighted by atomic mass is 16.5. The van der Waals surface area contributed by atoms with Crippen LogP contribution in [0.15, 0.2) is 11.6 Å². The fourth-order valence-corrected chi connectivity index (χ4v) is 2.29. The number of ether oxygens (including phenoxy) is 1. The van der Waals surface area contributed by atoms with Crippen LogP contribution in [-0.2, 0) is 4.74 Å². The van der Waals surface area contributed by atoms with Crippen LogP contribution in [0.25, 0.3) is 0 Å². The van der Waals surface area contributed by atoms with Crippen molar-refractivity contribution in [3.8, 4) is 0 Å². The van der Waals surface area contributed by atoms with Gasteiger partial charge in [0.05, 0.1) is 18.8 Å². The highest BCUT2D eigenvalue weighted by molar-refractivity contribution is 5.13. The van der Waals surface area contributed by atoms with Gasteiger partial charge in [-0.25, -0.2) is 0 Å². The Morgan fingerprint density at radius 3 is 2.86 bits per heavy atom. The number of allylic oxidation sites excluding steroid dienone is 1. The van der Waals surface area contributed by atoms with Crippen molar-refractivity contribution < 1.29 is 14.9 Å². The van der Waals surface area contributed by atoms with Gasteiger partial charge in [0.15, 0.2) is 0 Å². The average molecular weight is 198 g/mol. The maximum absolute atomic E-state index is 9.58. The summed E-state index contributed by atoms with van der Waals surface area (Å²) in [7, 11) is 0. The van der Waals surface area contributed by atoms with E-state index in [4.69, 9.17) is 9.84 Å². The molecular formula is C11H18O3. The number of rotatable bonds is 2. The molecule has 80 valence electrons. The van der Waals surface area contributed by atoms with Crippen LogP contribution in [0, 0.1) is 0 Å². The second kappa shape index (κ2) is 4.43. The average Bonchev–Trinajstić information content (AvgIpc) is 2.61. The monoisotopic (exact) mass is 198 g/mol. The molecule has 14 heavy (non-hydrogen) atoms. The summed E-state index contributed by atoms with van der Waals surface area (Å²) in [6.45, 7) is -0.0784. The van der Waals surface area contributed by atoms with Crippen LogP contribution >= 0.6 is 0 Å². The molecule has 2 aliphatic rings. The standard InChI is InChI=1S/C11H18O3/c12-7-11-9(13)6-10(14-11)8-4-2-1-3-5-8/h4,9-13H,1-3,5-7H2. The van der Waals surface area contributed by atoms with Crippen molar-refractivity contribution in [1.29, 1.82) is 0 Å². The summed E-state index contributed by atoms with van der Waals surface area (Å²) in [5.41, 5.74) is 1.33. The number of aliphatic hydroxyl groups excluding tert-OH is 2. The SMILES string of the molecule is OCC1OC(C2=CCCCC2)CC1O. The van der Waals surface area contributed by atoms with Gasteiger partial charge in [0.2, 0.25) is 0 Å². The van der Waals surface area contributed by atoms with Gasteiger partial charge in [-0.15, -0.1) is 0 Å². The third-order valence-corrected chi connectivity index (χ3v) is 3.14. The zero-order valence-corrected chi connectivity index (χ0v) is 8.35. The summed E-state index contributed by atoms with van der Waals surface area (Å²) >= 11 is 0. The summed E-state index contributed by atoms with van der Waals surface area (Å²) in [6, 6.07) is 0. The second-order valence-corrected chi connectivity index (χ2v) is 4.17. The Morgan fingerprint density at radius 2 is 2.29 bits per heavy atom. The van der Waals surface area contributed by atoms with Crippen molar-refractivity contribution in [2.24, 2.45) is 0 Å². The lowest BCUT2D eigenvalue weighted by Gasteiger charge is -2.18. The Kier molecular flexibility index (Phi) is 3.21. The Morgan fingerprint density at radius 1 is 1.43 bits per heavy atom. The molecular weight excluding hydrogens is 180 g/mol. The fraction of sp³-hybridized carbons (Fsp3) is 0.818. The zero-order chi connectivity index (χ0) is 9.97. The molecule has 0 radical (unpaired) electrons. The smallest absolute Gasteiger partial charge is 0.107 e. The lowest BCUT2D eigenvalue weighted by Crippen LogP contribution is -2.24. The summed E-state index contributed by atoms with van der Waals surface area (Å²) in [5, 5.41) is 18.5. The number of hydrogen-bond donors (Lipinski definition) is 2. The van der Waals surface area contributed by atoms with Gasteiger partial charge in [-0.2, -0.15) is 0 Å². The molecule has 0 spiro atoms. The maximum atomic E-state index is 9.58. The first-order valence-electron chi connectivity index (χ1n) is 5.44. The predicted octanol–water partition coefficient (Wildman–Crippen LogP) is 0.998. The van der Waals surface area contributed by atoms with E-state index in [0.717, 1.165) is 12.8 Å². The molecule has 0 bridgehead atoms. The van der Waals surface area contributed by atoms with E-state index in [1.54, 1.807) is 0 Å². The minimum atomic E-state index is -0.493. The Balaban J connectivity index is 1.96. The quantitative estimate of drug-likeness (QED) is 0.651. The summed E-state index contributed by atoms with van der Waals surface area (Å²) in [4.78, 5) is 0. The van der Waals surface area contributed by atoms with E-state index >= 15 is 0 Å². The van der Waals surface area contributed by atoms with E-state index in [9.17, 15) is 5.11 Å². The number of aliphatic hydroxyl groups is 2. The van der Waals surface area contributed by atoms with Crippen LogP contribution in [0.2, 0.25) is 0 Å². The minimum Gasteiger partial charge on any atom is -0.394 e. The predicted molar refractivity (Wildman–Crippen MR) is 52.9 cm³/mol. The Hall–Kier alpha value is -0.380. The summed E-state index contributed by atoms with van der Waals surface area (Å²) in [5.74, 6) is 0. The Bertz CT molecular complexity index is 225. The Labute approximate surface area is 84.4 Å². The van der Waals surface area contributed by atoms with Gasteiger partial charge in [-0.05, 0) is 31.3 Å². The second-order valence-electron chi connectivity index (χ2n) is 4.17. The van der Waals surface area contributed by atoms with E-state index in [1.165, 1.54) is 18.4 Å². The van der Waals surface area contributed by atoms with Crippen molar-refractivity contribution in [1.82, 2.24) is 0 Å². The maximum Gasteiger partial charge on any atom is 0.107 e. The number of hydrogen-bond acceptors (Lipinski definition) is 3. The molecule has 3 atom stereocenters. The summed E-state index contributed by atoms with van der Waals surface area (Å²) in [6.07, 6.45) is 6.80. The molecule has 3 nitrogen and oxygen atoms in total. The first-order valence-corrected chi connectivity index (χ1v) is 5.44. The van der Waals surface area contributed by atoms with Gasteiger partial charge in [0.1, 0.15) is 6.10 Å². The van der Waals surface area contributed by atoms with Gasteiger partial charge >= 0.3 is 0 Å². The molecule has 0 aromatic rings. The molecule has 0 aromatic carbocycles. The van der Waals surface area contributed by atoms with Crippen LogP contribution in [0.3, 0.4) is 0 Å². The van der Waals surface area contributed by atoms with Crippen LogP contribution in [0.1, 0.15) is 32.1 Å². The molecule has 0 amide bonds. The topological polar surface area (TPSA) is 49.7 Å². The lowest BCUT2D eigenvalue weighted by molar-refractivity contribution is -0.0140. The van der Waals surface area contributed by atoms with Gasteiger partial charge in [-0.1, -0.05) is 6.08 Å². The summed E-state index contributed by atoms with van der Waals surface area (Å²) < 4.78 is 5.59. The van der Waals surface area contributed by atoms with Crippen molar-refractivity contribution in [2.45, 2.75) is 50.4 Å². The van der Waals surface area contributed by atoms with Crippen LogP contribution in [0.4, 0.5) is 0 Å². The zero-order valence-electron chi connectivity index (χ0n) is 8.35. The molecule has 1 fully saturated rings. The molecule has 3 unspecified atom stereocenters. The normalized spacial score (nSPS) is 38.4. The molecule has 0 saturated carbocycles. The third-order valence-electron chi connectivity index (χ3n) is 3.14. The van der Waals surface area contributed by atoms with Gasteiger partial charge < -0.3 is 14.9 Å². The van der Waals surface area contributed by atoms with Crippen molar-refractivity contribution in [2.75, 3.05) is 6.61 Å². The fourth-order valence-electron chi connectivity index (χ4n) is 2.29. The van der Waals surface area contributed by atoms with Gasteiger partial charge in [0.25, 0.3) is 0 Å². The van der Waals surface area contributed by atoms with E-state index < -0.39 is 6.10 Å². The van der Waals surface area contributed by atoms with Crippen molar-refractivity contribution >= 4 is 0 Å². The van der Waals surface area contributed by atoms with Gasteiger partial charge in [0, 0.05) is 6.42 Å². The molecule has 1 saturated heterocycles. The van der Waals surface area contributed by atoms with Crippen molar-refractivity contribution in [3.05, 3.63) is 11.6 Å². The molecule has 1 aliphatic carbocycles. The molecule has 2 N–H and O–H groups in total. The van der Waals surface area contributed by atoms with Crippen molar-refractivity contribution in [3.63, 3.8) is 0 Å². The molecule has 1 aliphatic heterocycles. The lowest BCUT2D eigenvalue weighted by atomic mass is 9.93. The van der Waals surface area contributed by atoms with E-state index in [1.807, 2.05) is 0 Å². The van der Waals surface area contributed by atoms with Crippen LogP contribution in [-0.4, -0.2) is 35.1 Å². The molecule has 2 rings (SSSR count). The minimum absolute atomic E-state index is 0.0578. The third kappa shape index (κ3) is 2.00. The molecule has 1 heterocycles. The van der Waals surface area contributed by atoms with E-state index in [-0.39, 0.29) is 18.8 Å². The van der Waals surface area contributed by atoms with Gasteiger partial charge in [-0.3, -0.25) is 0 Å².